The number of unbranched alkanes of at least 4 members (excludes halogenated alkanes) is 25. The van der Waals surface area contributed by atoms with Gasteiger partial charge in [0.1, 0.15) is 12.7 Å². The van der Waals surface area contributed by atoms with E-state index in [1.54, 1.807) is 0 Å². The highest BCUT2D eigenvalue weighted by Gasteiger charge is 2.28. The van der Waals surface area contributed by atoms with Crippen LogP contribution in [-0.2, 0) is 32.7 Å². The van der Waals surface area contributed by atoms with Crippen LogP contribution in [0.15, 0.2) is 48.6 Å². The lowest BCUT2D eigenvalue weighted by Gasteiger charge is -2.18. The predicted molar refractivity (Wildman–Crippen MR) is 259 cm³/mol. The van der Waals surface area contributed by atoms with E-state index in [-0.39, 0.29) is 12.8 Å². The molecular formula is C51H92NO10P. The largest absolute Gasteiger partial charge is 0.480 e. The number of phosphoric ester groups is 1. The number of hydrogen-bond acceptors (Lipinski definition) is 8. The number of ether oxygens (including phenoxy) is 1. The number of carbonyl (C=O) groups is 3. The quantitative estimate of drug-likeness (QED) is 0.0200. The van der Waals surface area contributed by atoms with Gasteiger partial charge >= 0.3 is 19.8 Å². The van der Waals surface area contributed by atoms with Crippen LogP contribution in [0.5, 0.6) is 0 Å². The molecule has 0 saturated carbocycles. The van der Waals surface area contributed by atoms with Crippen LogP contribution in [0.4, 0.5) is 0 Å². The van der Waals surface area contributed by atoms with Crippen molar-refractivity contribution in [3.63, 3.8) is 0 Å². The van der Waals surface area contributed by atoms with Crippen molar-refractivity contribution in [1.29, 1.82) is 0 Å². The summed E-state index contributed by atoms with van der Waals surface area (Å²) in [7, 11) is -4.77. The van der Waals surface area contributed by atoms with E-state index in [1.807, 2.05) is 0 Å². The predicted octanol–water partition coefficient (Wildman–Crippen LogP) is 13.7. The lowest BCUT2D eigenvalue weighted by atomic mass is 10.0. The Balaban J connectivity index is 3.87. The molecule has 12 heteroatoms. The van der Waals surface area contributed by atoms with E-state index >= 15 is 0 Å². The molecule has 3 atom stereocenters. The fourth-order valence-corrected chi connectivity index (χ4v) is 7.72. The number of phosphoric acid groups is 1. The van der Waals surface area contributed by atoms with Gasteiger partial charge in [-0.3, -0.25) is 18.6 Å². The minimum absolute atomic E-state index is 0.107. The summed E-state index contributed by atoms with van der Waals surface area (Å²) in [6.45, 7) is 2.57. The average Bonchev–Trinajstić information content (AvgIpc) is 3.26. The third-order valence-electron chi connectivity index (χ3n) is 10.9. The Kier molecular flexibility index (Phi) is 44.1. The number of aliphatic hydroxyl groups is 1. The number of esters is 1. The first kappa shape index (κ1) is 60.4. The molecule has 3 unspecified atom stereocenters. The molecule has 0 aromatic rings. The highest BCUT2D eigenvalue weighted by atomic mass is 31.2. The Bertz CT molecular complexity index is 1250. The number of allylic oxidation sites excluding steroid dienone is 8. The zero-order chi connectivity index (χ0) is 46.3. The fraction of sp³-hybridized carbons (Fsp3) is 0.784. The van der Waals surface area contributed by atoms with Crippen molar-refractivity contribution in [2.24, 2.45) is 0 Å². The van der Waals surface area contributed by atoms with Crippen molar-refractivity contribution in [1.82, 2.24) is 5.32 Å². The third-order valence-corrected chi connectivity index (χ3v) is 11.8. The van der Waals surface area contributed by atoms with Crippen LogP contribution in [0.3, 0.4) is 0 Å². The second-order valence-electron chi connectivity index (χ2n) is 17.0. The molecule has 0 rings (SSSR count). The van der Waals surface area contributed by atoms with Gasteiger partial charge in [0.15, 0.2) is 6.04 Å². The second-order valence-corrected chi connectivity index (χ2v) is 18.5. The van der Waals surface area contributed by atoms with Gasteiger partial charge in [0.2, 0.25) is 5.91 Å². The summed E-state index contributed by atoms with van der Waals surface area (Å²) in [4.78, 5) is 46.1. The summed E-state index contributed by atoms with van der Waals surface area (Å²) < 4.78 is 26.9. The molecule has 0 aliphatic carbocycles. The summed E-state index contributed by atoms with van der Waals surface area (Å²) >= 11 is 0. The van der Waals surface area contributed by atoms with E-state index < -0.39 is 57.6 Å². The highest BCUT2D eigenvalue weighted by molar-refractivity contribution is 7.47. The van der Waals surface area contributed by atoms with E-state index in [9.17, 15) is 34.1 Å². The van der Waals surface area contributed by atoms with Gasteiger partial charge in [0.05, 0.1) is 13.2 Å². The maximum Gasteiger partial charge on any atom is 0.472 e. The number of carboxylic acid groups (broad SMARTS) is 1. The molecule has 0 radical (unpaired) electrons. The summed E-state index contributed by atoms with van der Waals surface area (Å²) in [6, 6.07) is -1.56. The summed E-state index contributed by atoms with van der Waals surface area (Å²) in [5.41, 5.74) is 0. The maximum absolute atomic E-state index is 12.3. The standard InChI is InChI=1S/C51H92NO10P/c1-3-5-7-9-11-13-15-17-19-21-23-25-27-29-31-33-35-37-39-41-43-50(55)60-44-47(53)45-61-63(58,59)62-46-48(51(56)57)52-49(54)42-40-38-36-34-32-30-28-26-24-22-20-18-16-14-12-10-8-6-4-2/h12,14,18,20,24,26,30,32,47-48,53H,3-11,13,15-17,19,21-23,25,27-29,31,33-46H2,1-2H3,(H,52,54)(H,56,57)(H,58,59)/b14-12-,20-18-,26-24-,32-30-. The van der Waals surface area contributed by atoms with Gasteiger partial charge in [0, 0.05) is 12.8 Å². The molecule has 0 aromatic carbocycles. The summed E-state index contributed by atoms with van der Waals surface area (Å²) in [5, 5.41) is 21.9. The van der Waals surface area contributed by atoms with Gasteiger partial charge in [-0.1, -0.05) is 204 Å². The summed E-state index contributed by atoms with van der Waals surface area (Å²) in [5.74, 6) is -2.41. The van der Waals surface area contributed by atoms with Crippen molar-refractivity contribution in [3.05, 3.63) is 48.6 Å². The van der Waals surface area contributed by atoms with Gasteiger partial charge in [-0.25, -0.2) is 9.36 Å². The number of carboxylic acids is 1. The molecule has 11 nitrogen and oxygen atoms in total. The molecule has 0 heterocycles. The Morgan fingerprint density at radius 2 is 0.873 bits per heavy atom. The minimum Gasteiger partial charge on any atom is -0.480 e. The Labute approximate surface area is 384 Å². The molecule has 0 bridgehead atoms. The Hall–Kier alpha value is -2.56. The van der Waals surface area contributed by atoms with Gasteiger partial charge in [0.25, 0.3) is 0 Å². The number of amides is 1. The van der Waals surface area contributed by atoms with Crippen LogP contribution in [0.25, 0.3) is 0 Å². The van der Waals surface area contributed by atoms with E-state index in [2.05, 4.69) is 67.8 Å². The van der Waals surface area contributed by atoms with Crippen molar-refractivity contribution >= 4 is 25.7 Å². The summed E-state index contributed by atoms with van der Waals surface area (Å²) in [6.07, 6.45) is 52.8. The molecule has 0 fully saturated rings. The van der Waals surface area contributed by atoms with E-state index in [4.69, 9.17) is 13.8 Å². The first-order valence-electron chi connectivity index (χ1n) is 25.2. The Morgan fingerprint density at radius 3 is 1.33 bits per heavy atom. The monoisotopic (exact) mass is 910 g/mol. The van der Waals surface area contributed by atoms with E-state index in [0.717, 1.165) is 57.8 Å². The van der Waals surface area contributed by atoms with Crippen molar-refractivity contribution < 1.29 is 47.8 Å². The number of hydrogen-bond donors (Lipinski definition) is 4. The highest BCUT2D eigenvalue weighted by Crippen LogP contribution is 2.43. The molecule has 366 valence electrons. The number of aliphatic carboxylic acids is 1. The first-order chi connectivity index (χ1) is 30.6. The number of carbonyl (C=O) groups excluding carboxylic acids is 2. The van der Waals surface area contributed by atoms with Crippen LogP contribution in [-0.4, -0.2) is 64.9 Å². The van der Waals surface area contributed by atoms with E-state index in [0.29, 0.717) is 12.8 Å². The number of nitrogens with one attached hydrogen (secondary N) is 1. The second kappa shape index (κ2) is 46.0. The van der Waals surface area contributed by atoms with Crippen molar-refractivity contribution in [3.8, 4) is 0 Å². The topological polar surface area (TPSA) is 169 Å². The first-order valence-corrected chi connectivity index (χ1v) is 26.7. The lowest BCUT2D eigenvalue weighted by molar-refractivity contribution is -0.147. The van der Waals surface area contributed by atoms with Crippen molar-refractivity contribution in [2.45, 2.75) is 238 Å². The molecule has 1 amide bonds. The molecule has 4 N–H and O–H groups in total. The van der Waals surface area contributed by atoms with Gasteiger partial charge in [-0.05, 0) is 57.8 Å². The van der Waals surface area contributed by atoms with Crippen molar-refractivity contribution in [2.75, 3.05) is 19.8 Å². The molecule has 63 heavy (non-hydrogen) atoms. The van der Waals surface area contributed by atoms with Gasteiger partial charge in [-0.15, -0.1) is 0 Å². The van der Waals surface area contributed by atoms with Crippen LogP contribution in [0, 0.1) is 0 Å². The molecule has 0 spiro atoms. The molecule has 0 aromatic heterocycles. The van der Waals surface area contributed by atoms with Crippen LogP contribution < -0.4 is 5.32 Å². The van der Waals surface area contributed by atoms with Crippen LogP contribution >= 0.6 is 7.82 Å². The molecule has 0 aliphatic rings. The minimum atomic E-state index is -4.77. The lowest BCUT2D eigenvalue weighted by Crippen LogP contribution is -2.43. The molecule has 0 saturated heterocycles. The van der Waals surface area contributed by atoms with Gasteiger partial charge < -0.3 is 25.2 Å². The SMILES string of the molecule is CCCCC/C=C\C/C=C\C/C=C\C/C=C\CCCCCC(=O)NC(COP(=O)(O)OCC(O)COC(=O)CCCCCCCCCCCCCCCCCCCCCC)C(=O)O. The van der Waals surface area contributed by atoms with E-state index in [1.165, 1.54) is 128 Å². The molecule has 0 aliphatic heterocycles. The third kappa shape index (κ3) is 45.8. The van der Waals surface area contributed by atoms with Crippen LogP contribution in [0.1, 0.15) is 226 Å². The average molecular weight is 910 g/mol. The van der Waals surface area contributed by atoms with Crippen LogP contribution in [0.2, 0.25) is 0 Å². The molecular weight excluding hydrogens is 818 g/mol. The Morgan fingerprint density at radius 1 is 0.508 bits per heavy atom. The zero-order valence-electron chi connectivity index (χ0n) is 39.9. The normalized spacial score (nSPS) is 14.0. The zero-order valence-corrected chi connectivity index (χ0v) is 40.8. The maximum atomic E-state index is 12.3. The number of aliphatic hydroxyl groups excluding tert-OH is 1. The number of rotatable bonds is 47. The fourth-order valence-electron chi connectivity index (χ4n) is 6.95. The van der Waals surface area contributed by atoms with Gasteiger partial charge in [-0.2, -0.15) is 0 Å². The smallest absolute Gasteiger partial charge is 0.472 e.